The summed E-state index contributed by atoms with van der Waals surface area (Å²) in [5.41, 5.74) is 4.38. The van der Waals surface area contributed by atoms with E-state index in [2.05, 4.69) is 20.5 Å². The van der Waals surface area contributed by atoms with E-state index in [4.69, 9.17) is 4.74 Å². The van der Waals surface area contributed by atoms with Crippen LogP contribution in [0.25, 0.3) is 28.0 Å². The summed E-state index contributed by atoms with van der Waals surface area (Å²) in [4.78, 5) is 14.4. The minimum atomic E-state index is -0.0389. The molecule has 0 radical (unpaired) electrons. The molecule has 0 spiro atoms. The van der Waals surface area contributed by atoms with Gasteiger partial charge in [-0.1, -0.05) is 11.3 Å². The maximum atomic E-state index is 12.6. The van der Waals surface area contributed by atoms with Gasteiger partial charge in [0.2, 0.25) is 0 Å². The second-order valence-electron chi connectivity index (χ2n) is 7.11. The lowest BCUT2D eigenvalue weighted by molar-refractivity contribution is 0.0303. The molecular formula is C21H20N6O3. The number of aromatic nitrogens is 5. The van der Waals surface area contributed by atoms with Crippen LogP contribution < -0.4 is 0 Å². The van der Waals surface area contributed by atoms with E-state index in [-0.39, 0.29) is 12.5 Å². The Morgan fingerprint density at radius 1 is 1.13 bits per heavy atom. The van der Waals surface area contributed by atoms with E-state index in [0.29, 0.717) is 43.3 Å². The van der Waals surface area contributed by atoms with Crippen LogP contribution in [0.4, 0.5) is 0 Å². The zero-order valence-corrected chi connectivity index (χ0v) is 16.2. The average molecular weight is 404 g/mol. The van der Waals surface area contributed by atoms with Gasteiger partial charge in [0, 0.05) is 24.0 Å². The number of carbonyl (C=O) groups excluding carboxylic acids is 1. The van der Waals surface area contributed by atoms with Crippen molar-refractivity contribution in [3.8, 4) is 17.1 Å². The Bertz CT molecular complexity index is 1190. The fraction of sp³-hybridized carbons (Fsp3) is 0.238. The number of hydrogen-bond acceptors (Lipinski definition) is 6. The number of aliphatic hydroxyl groups excluding tert-OH is 1. The van der Waals surface area contributed by atoms with Crippen molar-refractivity contribution in [2.45, 2.75) is 6.61 Å². The highest BCUT2D eigenvalue weighted by molar-refractivity contribution is 5.94. The average Bonchev–Trinajstić information content (AvgIpc) is 3.46. The van der Waals surface area contributed by atoms with Crippen molar-refractivity contribution in [1.82, 2.24) is 30.1 Å². The second kappa shape index (κ2) is 7.69. The zero-order chi connectivity index (χ0) is 20.5. The van der Waals surface area contributed by atoms with Crippen LogP contribution in [-0.2, 0) is 11.3 Å². The highest BCUT2D eigenvalue weighted by Gasteiger charge is 2.19. The molecule has 9 nitrogen and oxygen atoms in total. The Kier molecular flexibility index (Phi) is 4.74. The molecule has 1 amide bonds. The van der Waals surface area contributed by atoms with Crippen molar-refractivity contribution in [3.63, 3.8) is 0 Å². The third kappa shape index (κ3) is 3.34. The van der Waals surface area contributed by atoms with E-state index in [0.717, 1.165) is 22.2 Å². The Balaban J connectivity index is 1.40. The normalized spacial score (nSPS) is 14.4. The molecule has 3 heterocycles. The maximum Gasteiger partial charge on any atom is 0.254 e. The highest BCUT2D eigenvalue weighted by atomic mass is 16.5. The molecule has 0 saturated carbocycles. The number of fused-ring (bicyclic) bond motifs is 1. The van der Waals surface area contributed by atoms with Gasteiger partial charge in [-0.15, -0.1) is 5.10 Å². The van der Waals surface area contributed by atoms with Crippen LogP contribution in [0.2, 0.25) is 0 Å². The predicted octanol–water partition coefficient (Wildman–Crippen LogP) is 1.78. The Morgan fingerprint density at radius 2 is 1.93 bits per heavy atom. The molecule has 0 unspecified atom stereocenters. The number of aliphatic hydroxyl groups is 1. The summed E-state index contributed by atoms with van der Waals surface area (Å²) >= 11 is 0. The van der Waals surface area contributed by atoms with Gasteiger partial charge in [-0.25, -0.2) is 4.68 Å². The van der Waals surface area contributed by atoms with Crippen LogP contribution in [-0.4, -0.2) is 67.4 Å². The molecule has 30 heavy (non-hydrogen) atoms. The Hall–Kier alpha value is -3.56. The van der Waals surface area contributed by atoms with E-state index >= 15 is 0 Å². The third-order valence-electron chi connectivity index (χ3n) is 5.22. The van der Waals surface area contributed by atoms with E-state index in [1.807, 2.05) is 30.3 Å². The lowest BCUT2D eigenvalue weighted by Crippen LogP contribution is -2.40. The number of nitrogens with one attached hydrogen (secondary N) is 1. The van der Waals surface area contributed by atoms with Crippen molar-refractivity contribution in [1.29, 1.82) is 0 Å². The van der Waals surface area contributed by atoms with Crippen molar-refractivity contribution in [3.05, 3.63) is 59.8 Å². The molecule has 1 aliphatic rings. The van der Waals surface area contributed by atoms with E-state index in [1.54, 1.807) is 27.9 Å². The number of carbonyl (C=O) groups is 1. The van der Waals surface area contributed by atoms with E-state index in [9.17, 15) is 9.90 Å². The molecule has 4 aromatic rings. The van der Waals surface area contributed by atoms with Gasteiger partial charge in [0.25, 0.3) is 5.91 Å². The molecule has 0 atom stereocenters. The van der Waals surface area contributed by atoms with Gasteiger partial charge in [0.1, 0.15) is 11.4 Å². The molecule has 2 aromatic carbocycles. The maximum absolute atomic E-state index is 12.6. The van der Waals surface area contributed by atoms with Crippen molar-refractivity contribution >= 4 is 16.8 Å². The predicted molar refractivity (Wildman–Crippen MR) is 109 cm³/mol. The van der Waals surface area contributed by atoms with Gasteiger partial charge in [-0.2, -0.15) is 5.10 Å². The number of ether oxygens (including phenoxy) is 1. The fourth-order valence-corrected chi connectivity index (χ4v) is 3.56. The molecule has 1 saturated heterocycles. The standard InChI is InChI=1S/C21H20N6O3/c28-13-14-1-6-18-17(11-14)20(24-22-18)19-12-27(25-23-19)16-4-2-15(3-5-16)21(29)26-7-9-30-10-8-26/h1-6,11-12,28H,7-10,13H2,(H,22,24). The zero-order valence-electron chi connectivity index (χ0n) is 16.2. The smallest absolute Gasteiger partial charge is 0.254 e. The first-order chi connectivity index (χ1) is 14.7. The first-order valence-corrected chi connectivity index (χ1v) is 9.71. The molecule has 0 bridgehead atoms. The largest absolute Gasteiger partial charge is 0.392 e. The lowest BCUT2D eigenvalue weighted by atomic mass is 10.1. The van der Waals surface area contributed by atoms with Crippen molar-refractivity contribution in [2.24, 2.45) is 0 Å². The van der Waals surface area contributed by atoms with Gasteiger partial charge < -0.3 is 14.7 Å². The van der Waals surface area contributed by atoms with Gasteiger partial charge in [0.05, 0.1) is 37.2 Å². The Morgan fingerprint density at radius 3 is 2.70 bits per heavy atom. The van der Waals surface area contributed by atoms with E-state index in [1.165, 1.54) is 0 Å². The third-order valence-corrected chi connectivity index (χ3v) is 5.22. The number of H-pyrrole nitrogens is 1. The van der Waals surface area contributed by atoms with Gasteiger partial charge in [-0.3, -0.25) is 9.89 Å². The highest BCUT2D eigenvalue weighted by Crippen LogP contribution is 2.26. The quantitative estimate of drug-likeness (QED) is 0.537. The number of amides is 1. The second-order valence-corrected chi connectivity index (χ2v) is 7.11. The fourth-order valence-electron chi connectivity index (χ4n) is 3.56. The summed E-state index contributed by atoms with van der Waals surface area (Å²) in [5.74, 6) is 0.00631. The molecule has 0 aliphatic carbocycles. The summed E-state index contributed by atoms with van der Waals surface area (Å²) in [6.07, 6.45) is 1.79. The summed E-state index contributed by atoms with van der Waals surface area (Å²) in [5, 5.41) is 26.1. The van der Waals surface area contributed by atoms with Crippen LogP contribution in [0.1, 0.15) is 15.9 Å². The van der Waals surface area contributed by atoms with Crippen LogP contribution in [0, 0.1) is 0 Å². The molecule has 152 valence electrons. The molecule has 2 N–H and O–H groups in total. The number of aromatic amines is 1. The Labute approximate surface area is 171 Å². The van der Waals surface area contributed by atoms with Gasteiger partial charge in [-0.05, 0) is 42.0 Å². The SMILES string of the molecule is O=C(c1ccc(-n2cc(-c3n[nH]c4ccc(CO)cc34)nn2)cc1)N1CCOCC1. The summed E-state index contributed by atoms with van der Waals surface area (Å²) < 4.78 is 6.95. The number of nitrogens with zero attached hydrogens (tertiary/aromatic N) is 5. The monoisotopic (exact) mass is 404 g/mol. The molecular weight excluding hydrogens is 384 g/mol. The van der Waals surface area contributed by atoms with Gasteiger partial charge in [0.15, 0.2) is 0 Å². The van der Waals surface area contributed by atoms with Crippen LogP contribution in [0.15, 0.2) is 48.7 Å². The molecule has 5 rings (SSSR count). The first-order valence-electron chi connectivity index (χ1n) is 9.71. The topological polar surface area (TPSA) is 109 Å². The van der Waals surface area contributed by atoms with Crippen molar-refractivity contribution in [2.75, 3.05) is 26.3 Å². The molecule has 2 aromatic heterocycles. The molecule has 1 fully saturated rings. The van der Waals surface area contributed by atoms with Crippen LogP contribution in [0.3, 0.4) is 0 Å². The summed E-state index contributed by atoms with van der Waals surface area (Å²) in [6.45, 7) is 2.34. The van der Waals surface area contributed by atoms with E-state index < -0.39 is 0 Å². The molecule has 1 aliphatic heterocycles. The van der Waals surface area contributed by atoms with Crippen LogP contribution >= 0.6 is 0 Å². The van der Waals surface area contributed by atoms with Crippen LogP contribution in [0.5, 0.6) is 0 Å². The number of benzene rings is 2. The first kappa shape index (κ1) is 18.5. The number of rotatable bonds is 4. The summed E-state index contributed by atoms with van der Waals surface area (Å²) in [6, 6.07) is 12.9. The minimum Gasteiger partial charge on any atom is -0.392 e. The lowest BCUT2D eigenvalue weighted by Gasteiger charge is -2.26. The summed E-state index contributed by atoms with van der Waals surface area (Å²) in [7, 11) is 0. The van der Waals surface area contributed by atoms with Gasteiger partial charge >= 0.3 is 0 Å². The number of hydrogen-bond donors (Lipinski definition) is 2. The van der Waals surface area contributed by atoms with Crippen molar-refractivity contribution < 1.29 is 14.6 Å². The molecule has 9 heteroatoms. The number of morpholine rings is 1. The minimum absolute atomic E-state index is 0.00631.